The third-order valence-corrected chi connectivity index (χ3v) is 3.59. The topological polar surface area (TPSA) is 64.9 Å². The lowest BCUT2D eigenvalue weighted by Crippen LogP contribution is -2.15. The molecule has 0 saturated heterocycles. The zero-order valence-corrected chi connectivity index (χ0v) is 14.4. The van der Waals surface area contributed by atoms with E-state index in [1.54, 1.807) is 12.1 Å². The second-order valence-corrected chi connectivity index (χ2v) is 5.45. The minimum Gasteiger partial charge on any atom is -0.494 e. The van der Waals surface area contributed by atoms with Crippen molar-refractivity contribution < 1.29 is 14.3 Å². The predicted octanol–water partition coefficient (Wildman–Crippen LogP) is 3.31. The molecule has 0 aliphatic heterocycles. The largest absolute Gasteiger partial charge is 0.494 e. The lowest BCUT2D eigenvalue weighted by molar-refractivity contribution is -0.115. The first-order valence-corrected chi connectivity index (χ1v) is 8.31. The normalized spacial score (nSPS) is 10.6. The summed E-state index contributed by atoms with van der Waals surface area (Å²) in [5, 5.41) is 2.89. The Kier molecular flexibility index (Phi) is 5.18. The molecule has 0 aliphatic carbocycles. The number of fused-ring (bicyclic) bond motifs is 1. The molecule has 2 heterocycles. The molecule has 1 aromatic carbocycles. The van der Waals surface area contributed by atoms with E-state index in [9.17, 15) is 4.79 Å². The molecule has 130 valence electrons. The van der Waals surface area contributed by atoms with E-state index in [1.165, 1.54) is 0 Å². The van der Waals surface area contributed by atoms with Crippen LogP contribution in [0.1, 0.15) is 19.5 Å². The molecular weight excluding hydrogens is 318 g/mol. The number of hydrogen-bond acceptors (Lipinski definition) is 4. The first-order chi connectivity index (χ1) is 12.2. The Morgan fingerprint density at radius 3 is 2.76 bits per heavy atom. The van der Waals surface area contributed by atoms with Crippen molar-refractivity contribution in [1.82, 2.24) is 9.38 Å². The van der Waals surface area contributed by atoms with Crippen LogP contribution in [0, 0.1) is 0 Å². The van der Waals surface area contributed by atoms with Crippen molar-refractivity contribution in [3.63, 3.8) is 0 Å². The number of nitrogens with one attached hydrogen (secondary N) is 1. The van der Waals surface area contributed by atoms with Crippen LogP contribution in [-0.4, -0.2) is 28.5 Å². The minimum absolute atomic E-state index is 0.155. The van der Waals surface area contributed by atoms with Gasteiger partial charge >= 0.3 is 0 Å². The zero-order chi connectivity index (χ0) is 17.6. The minimum atomic E-state index is -0.155. The van der Waals surface area contributed by atoms with Crippen molar-refractivity contribution in [2.24, 2.45) is 0 Å². The van der Waals surface area contributed by atoms with Crippen molar-refractivity contribution in [1.29, 1.82) is 0 Å². The van der Waals surface area contributed by atoms with Gasteiger partial charge in [-0.25, -0.2) is 4.98 Å². The van der Waals surface area contributed by atoms with E-state index in [0.29, 0.717) is 36.1 Å². The summed E-state index contributed by atoms with van der Waals surface area (Å²) in [6.07, 6.45) is 3.95. The Morgan fingerprint density at radius 2 is 2.00 bits per heavy atom. The molecule has 1 amide bonds. The number of imidazole rings is 1. The van der Waals surface area contributed by atoms with Gasteiger partial charge in [0.2, 0.25) is 5.91 Å². The average molecular weight is 339 g/mol. The first-order valence-electron chi connectivity index (χ1n) is 8.31. The molecule has 0 spiro atoms. The monoisotopic (exact) mass is 339 g/mol. The molecule has 6 heteroatoms. The molecule has 0 atom stereocenters. The molecule has 0 radical (unpaired) electrons. The summed E-state index contributed by atoms with van der Waals surface area (Å²) in [4.78, 5) is 16.9. The number of aromatic nitrogens is 2. The number of hydrogen-bond donors (Lipinski definition) is 1. The van der Waals surface area contributed by atoms with Crippen LogP contribution in [0.5, 0.6) is 11.5 Å². The Morgan fingerprint density at radius 1 is 1.16 bits per heavy atom. The van der Waals surface area contributed by atoms with Gasteiger partial charge in [0.25, 0.3) is 0 Å². The lowest BCUT2D eigenvalue weighted by Gasteiger charge is -2.13. The SMILES string of the molecule is CCOc1ccc(OCC)c(NC(=O)Cc2cn3ccccc3n2)c1. The maximum Gasteiger partial charge on any atom is 0.230 e. The van der Waals surface area contributed by atoms with Gasteiger partial charge in [0.15, 0.2) is 0 Å². The summed E-state index contributed by atoms with van der Waals surface area (Å²) in [6.45, 7) is 4.89. The Labute approximate surface area is 146 Å². The fourth-order valence-corrected chi connectivity index (χ4v) is 2.58. The smallest absolute Gasteiger partial charge is 0.230 e. The number of benzene rings is 1. The van der Waals surface area contributed by atoms with Crippen LogP contribution >= 0.6 is 0 Å². The summed E-state index contributed by atoms with van der Waals surface area (Å²) < 4.78 is 13.0. The quantitative estimate of drug-likeness (QED) is 0.717. The Balaban J connectivity index is 1.75. The molecule has 2 aromatic heterocycles. The molecule has 0 aliphatic rings. The maximum atomic E-state index is 12.4. The molecule has 3 rings (SSSR count). The summed E-state index contributed by atoms with van der Waals surface area (Å²) in [5.74, 6) is 1.15. The van der Waals surface area contributed by atoms with Gasteiger partial charge in [-0.2, -0.15) is 0 Å². The second-order valence-electron chi connectivity index (χ2n) is 5.45. The number of anilines is 1. The molecule has 0 fully saturated rings. The third kappa shape index (κ3) is 4.09. The number of ether oxygens (including phenoxy) is 2. The highest BCUT2D eigenvalue weighted by atomic mass is 16.5. The molecule has 6 nitrogen and oxygen atoms in total. The van der Waals surface area contributed by atoms with Crippen molar-refractivity contribution >= 4 is 17.2 Å². The number of rotatable bonds is 7. The number of carbonyl (C=O) groups excluding carboxylic acids is 1. The van der Waals surface area contributed by atoms with Gasteiger partial charge in [-0.3, -0.25) is 4.79 Å². The van der Waals surface area contributed by atoms with Gasteiger partial charge in [0.1, 0.15) is 17.1 Å². The van der Waals surface area contributed by atoms with E-state index in [2.05, 4.69) is 10.3 Å². The fourth-order valence-electron chi connectivity index (χ4n) is 2.58. The number of nitrogens with zero attached hydrogens (tertiary/aromatic N) is 2. The van der Waals surface area contributed by atoms with Crippen LogP contribution < -0.4 is 14.8 Å². The van der Waals surface area contributed by atoms with Gasteiger partial charge in [-0.05, 0) is 38.1 Å². The van der Waals surface area contributed by atoms with Crippen molar-refractivity contribution in [3.05, 3.63) is 54.5 Å². The Bertz CT molecular complexity index is 840. The van der Waals surface area contributed by atoms with E-state index < -0.39 is 0 Å². The third-order valence-electron chi connectivity index (χ3n) is 3.59. The summed E-state index contributed by atoms with van der Waals surface area (Å²) >= 11 is 0. The summed E-state index contributed by atoms with van der Waals surface area (Å²) in [7, 11) is 0. The highest BCUT2D eigenvalue weighted by Crippen LogP contribution is 2.29. The molecule has 3 aromatic rings. The lowest BCUT2D eigenvalue weighted by atomic mass is 10.2. The van der Waals surface area contributed by atoms with Crippen molar-refractivity contribution in [3.8, 4) is 11.5 Å². The molecule has 0 bridgehead atoms. The van der Waals surface area contributed by atoms with Crippen LogP contribution in [0.25, 0.3) is 5.65 Å². The first kappa shape index (κ1) is 16.8. The average Bonchev–Trinajstić information content (AvgIpc) is 2.99. The fraction of sp³-hybridized carbons (Fsp3) is 0.263. The van der Waals surface area contributed by atoms with Gasteiger partial charge < -0.3 is 19.2 Å². The van der Waals surface area contributed by atoms with Crippen LogP contribution in [-0.2, 0) is 11.2 Å². The summed E-state index contributed by atoms with van der Waals surface area (Å²) in [6, 6.07) is 11.1. The van der Waals surface area contributed by atoms with E-state index >= 15 is 0 Å². The molecular formula is C19H21N3O3. The maximum absolute atomic E-state index is 12.4. The molecule has 0 unspecified atom stereocenters. The zero-order valence-electron chi connectivity index (χ0n) is 14.4. The van der Waals surface area contributed by atoms with E-state index in [0.717, 1.165) is 5.65 Å². The van der Waals surface area contributed by atoms with Crippen molar-refractivity contribution in [2.75, 3.05) is 18.5 Å². The highest BCUT2D eigenvalue weighted by Gasteiger charge is 2.12. The highest BCUT2D eigenvalue weighted by molar-refractivity contribution is 5.93. The second kappa shape index (κ2) is 7.70. The van der Waals surface area contributed by atoms with Crippen LogP contribution in [0.2, 0.25) is 0 Å². The van der Waals surface area contributed by atoms with E-state index in [-0.39, 0.29) is 12.3 Å². The molecule has 25 heavy (non-hydrogen) atoms. The molecule has 0 saturated carbocycles. The molecule has 1 N–H and O–H groups in total. The standard InChI is InChI=1S/C19H21N3O3/c1-3-24-15-8-9-17(25-4-2)16(12-15)21-19(23)11-14-13-22-10-6-5-7-18(22)20-14/h5-10,12-13H,3-4,11H2,1-2H3,(H,21,23). The van der Waals surface area contributed by atoms with E-state index in [4.69, 9.17) is 9.47 Å². The van der Waals surface area contributed by atoms with Gasteiger partial charge in [-0.15, -0.1) is 0 Å². The van der Waals surface area contributed by atoms with Crippen LogP contribution in [0.4, 0.5) is 5.69 Å². The van der Waals surface area contributed by atoms with E-state index in [1.807, 2.05) is 54.9 Å². The van der Waals surface area contributed by atoms with Gasteiger partial charge in [0, 0.05) is 18.5 Å². The Hall–Kier alpha value is -3.02. The number of carbonyl (C=O) groups is 1. The van der Waals surface area contributed by atoms with Crippen molar-refractivity contribution in [2.45, 2.75) is 20.3 Å². The predicted molar refractivity (Wildman–Crippen MR) is 96.3 cm³/mol. The van der Waals surface area contributed by atoms with Gasteiger partial charge in [-0.1, -0.05) is 6.07 Å². The van der Waals surface area contributed by atoms with Gasteiger partial charge in [0.05, 0.1) is 31.0 Å². The number of amides is 1. The van der Waals surface area contributed by atoms with Crippen LogP contribution in [0.3, 0.4) is 0 Å². The summed E-state index contributed by atoms with van der Waals surface area (Å²) in [5.41, 5.74) is 2.13. The van der Waals surface area contributed by atoms with Crippen LogP contribution in [0.15, 0.2) is 48.8 Å². The number of pyridine rings is 1.